The first-order valence-electron chi connectivity index (χ1n) is 5.55. The van der Waals surface area contributed by atoms with Gasteiger partial charge in [0.1, 0.15) is 17.0 Å². The summed E-state index contributed by atoms with van der Waals surface area (Å²) in [5, 5.41) is -0.435. The van der Waals surface area contributed by atoms with Crippen molar-refractivity contribution in [1.29, 1.82) is 0 Å². The third-order valence-electron chi connectivity index (χ3n) is 2.82. The van der Waals surface area contributed by atoms with E-state index in [4.69, 9.17) is 0 Å². The molecule has 0 bridgehead atoms. The van der Waals surface area contributed by atoms with Crippen LogP contribution in [0.5, 0.6) is 0 Å². The van der Waals surface area contributed by atoms with Gasteiger partial charge >= 0.3 is 6.18 Å². The van der Waals surface area contributed by atoms with Gasteiger partial charge in [0.2, 0.25) is 0 Å². The van der Waals surface area contributed by atoms with Gasteiger partial charge in [-0.15, -0.1) is 0 Å². The summed E-state index contributed by atoms with van der Waals surface area (Å²) in [7, 11) is 0. The van der Waals surface area contributed by atoms with Crippen molar-refractivity contribution in [2.24, 2.45) is 0 Å². The van der Waals surface area contributed by atoms with Crippen molar-refractivity contribution in [3.05, 3.63) is 39.2 Å². The first-order chi connectivity index (χ1) is 8.75. The summed E-state index contributed by atoms with van der Waals surface area (Å²) in [6, 6.07) is 0.722. The van der Waals surface area contributed by atoms with Crippen molar-refractivity contribution in [3.63, 3.8) is 0 Å². The minimum absolute atomic E-state index is 0.134. The van der Waals surface area contributed by atoms with Gasteiger partial charge < -0.3 is 4.98 Å². The van der Waals surface area contributed by atoms with Gasteiger partial charge in [-0.1, -0.05) is 6.92 Å². The zero-order valence-corrected chi connectivity index (χ0v) is 10.2. The minimum atomic E-state index is -4.68. The van der Waals surface area contributed by atoms with Gasteiger partial charge in [-0.25, -0.2) is 9.37 Å². The molecule has 2 rings (SSSR count). The molecule has 1 N–H and O–H groups in total. The highest BCUT2D eigenvalue weighted by molar-refractivity contribution is 5.80. The van der Waals surface area contributed by atoms with Crippen LogP contribution >= 0.6 is 0 Å². The Hall–Kier alpha value is -1.92. The molecule has 0 spiro atoms. The number of aromatic nitrogens is 2. The molecule has 1 aromatic heterocycles. The molecule has 3 nitrogen and oxygen atoms in total. The maximum atomic E-state index is 14.1. The predicted molar refractivity (Wildman–Crippen MR) is 61.4 cm³/mol. The Bertz CT molecular complexity index is 703. The Balaban J connectivity index is 2.98. The second kappa shape index (κ2) is 4.32. The number of aromatic amines is 1. The summed E-state index contributed by atoms with van der Waals surface area (Å²) in [6.07, 6.45) is -4.84. The fourth-order valence-corrected chi connectivity index (χ4v) is 2.02. The zero-order chi connectivity index (χ0) is 14.4. The molecule has 0 radical (unpaired) electrons. The fraction of sp³-hybridized carbons (Fsp3) is 0.333. The molecule has 0 aliphatic carbocycles. The fourth-order valence-electron chi connectivity index (χ4n) is 2.02. The Labute approximate surface area is 105 Å². The Morgan fingerprint density at radius 2 is 2.00 bits per heavy atom. The molecule has 0 amide bonds. The summed E-state index contributed by atoms with van der Waals surface area (Å²) in [6.45, 7) is 2.81. The summed E-state index contributed by atoms with van der Waals surface area (Å²) in [4.78, 5) is 17.7. The molecule has 0 aliphatic rings. The van der Waals surface area contributed by atoms with E-state index in [2.05, 4.69) is 9.97 Å². The molecule has 1 aromatic carbocycles. The lowest BCUT2D eigenvalue weighted by atomic mass is 10.0. The highest BCUT2D eigenvalue weighted by Gasteiger charge is 2.35. The zero-order valence-electron chi connectivity index (χ0n) is 10.2. The van der Waals surface area contributed by atoms with E-state index in [0.29, 0.717) is 0 Å². The monoisotopic (exact) mass is 274 g/mol. The van der Waals surface area contributed by atoms with Gasteiger partial charge in [0.25, 0.3) is 5.56 Å². The maximum Gasteiger partial charge on any atom is 0.416 e. The smallest absolute Gasteiger partial charge is 0.310 e. The topological polar surface area (TPSA) is 45.8 Å². The standard InChI is InChI=1S/C12H10F4N2O/c1-3-6-7(12(14,15)16)4-8-9(10(6)13)11(19)18-5(2)17-8/h4H,3H2,1-2H3,(H,17,18,19). The lowest BCUT2D eigenvalue weighted by Crippen LogP contribution is -2.17. The molecule has 1 heterocycles. The Morgan fingerprint density at radius 3 is 2.53 bits per heavy atom. The number of aryl methyl sites for hydroxylation is 1. The summed E-state index contributed by atoms with van der Waals surface area (Å²) >= 11 is 0. The summed E-state index contributed by atoms with van der Waals surface area (Å²) in [5.74, 6) is -1.02. The van der Waals surface area contributed by atoms with E-state index in [-0.39, 0.29) is 17.8 Å². The van der Waals surface area contributed by atoms with Crippen LogP contribution in [0.4, 0.5) is 17.6 Å². The van der Waals surface area contributed by atoms with Crippen molar-refractivity contribution in [2.45, 2.75) is 26.4 Å². The second-order valence-electron chi connectivity index (χ2n) is 4.11. The third kappa shape index (κ3) is 2.20. The van der Waals surface area contributed by atoms with E-state index >= 15 is 0 Å². The highest BCUT2D eigenvalue weighted by Crippen LogP contribution is 2.35. The van der Waals surface area contributed by atoms with Crippen LogP contribution in [0.15, 0.2) is 10.9 Å². The van der Waals surface area contributed by atoms with Crippen molar-refractivity contribution in [3.8, 4) is 0 Å². The first-order valence-corrected chi connectivity index (χ1v) is 5.55. The summed E-state index contributed by atoms with van der Waals surface area (Å²) < 4.78 is 52.7. The van der Waals surface area contributed by atoms with E-state index in [0.717, 1.165) is 6.07 Å². The van der Waals surface area contributed by atoms with Crippen LogP contribution in [0.1, 0.15) is 23.9 Å². The number of rotatable bonds is 1. The molecule has 0 aliphatic heterocycles. The quantitative estimate of drug-likeness (QED) is 0.813. The average Bonchev–Trinajstić information content (AvgIpc) is 2.26. The molecule has 0 saturated heterocycles. The molecule has 0 fully saturated rings. The number of nitrogens with zero attached hydrogens (tertiary/aromatic N) is 1. The molecular weight excluding hydrogens is 264 g/mol. The SMILES string of the molecule is CCc1c(C(F)(F)F)cc2nc(C)[nH]c(=O)c2c1F. The molecule has 0 atom stereocenters. The first kappa shape index (κ1) is 13.5. The largest absolute Gasteiger partial charge is 0.416 e. The third-order valence-corrected chi connectivity index (χ3v) is 2.82. The van der Waals surface area contributed by atoms with Crippen LogP contribution in [0, 0.1) is 12.7 Å². The molecule has 19 heavy (non-hydrogen) atoms. The van der Waals surface area contributed by atoms with Crippen LogP contribution < -0.4 is 5.56 Å². The van der Waals surface area contributed by atoms with E-state index in [9.17, 15) is 22.4 Å². The number of nitrogens with one attached hydrogen (secondary N) is 1. The Morgan fingerprint density at radius 1 is 1.37 bits per heavy atom. The predicted octanol–water partition coefficient (Wildman–Crippen LogP) is 2.95. The van der Waals surface area contributed by atoms with Crippen LogP contribution in [0.3, 0.4) is 0 Å². The van der Waals surface area contributed by atoms with Crippen LogP contribution in [0.25, 0.3) is 10.9 Å². The number of hydrogen-bond donors (Lipinski definition) is 1. The number of hydrogen-bond acceptors (Lipinski definition) is 2. The van der Waals surface area contributed by atoms with Gasteiger partial charge in [0.05, 0.1) is 11.1 Å². The van der Waals surface area contributed by atoms with E-state index < -0.39 is 34.1 Å². The minimum Gasteiger partial charge on any atom is -0.310 e. The highest BCUT2D eigenvalue weighted by atomic mass is 19.4. The second-order valence-corrected chi connectivity index (χ2v) is 4.11. The molecule has 102 valence electrons. The lowest BCUT2D eigenvalue weighted by molar-refractivity contribution is -0.138. The van der Waals surface area contributed by atoms with Crippen LogP contribution in [-0.2, 0) is 12.6 Å². The van der Waals surface area contributed by atoms with Gasteiger partial charge in [0, 0.05) is 5.56 Å². The normalized spacial score (nSPS) is 12.1. The summed E-state index contributed by atoms with van der Waals surface area (Å²) in [5.41, 5.74) is -2.67. The number of alkyl halides is 3. The molecule has 7 heteroatoms. The van der Waals surface area contributed by atoms with E-state index in [1.807, 2.05) is 0 Å². The van der Waals surface area contributed by atoms with E-state index in [1.54, 1.807) is 0 Å². The van der Waals surface area contributed by atoms with Gasteiger partial charge in [0.15, 0.2) is 0 Å². The van der Waals surface area contributed by atoms with E-state index in [1.165, 1.54) is 13.8 Å². The average molecular weight is 274 g/mol. The number of benzene rings is 1. The van der Waals surface area contributed by atoms with Gasteiger partial charge in [-0.2, -0.15) is 13.2 Å². The Kier molecular flexibility index (Phi) is 3.07. The van der Waals surface area contributed by atoms with Gasteiger partial charge in [-0.3, -0.25) is 4.79 Å². The molecule has 2 aromatic rings. The maximum absolute atomic E-state index is 14.1. The van der Waals surface area contributed by atoms with Gasteiger partial charge in [-0.05, 0) is 19.4 Å². The number of H-pyrrole nitrogens is 1. The number of fused-ring (bicyclic) bond motifs is 1. The molecular formula is C12H10F4N2O. The van der Waals surface area contributed by atoms with Crippen molar-refractivity contribution in [2.75, 3.05) is 0 Å². The van der Waals surface area contributed by atoms with Crippen LogP contribution in [0.2, 0.25) is 0 Å². The van der Waals surface area contributed by atoms with Crippen molar-refractivity contribution in [1.82, 2.24) is 9.97 Å². The van der Waals surface area contributed by atoms with Crippen molar-refractivity contribution >= 4 is 10.9 Å². The molecule has 0 unspecified atom stereocenters. The van der Waals surface area contributed by atoms with Crippen LogP contribution in [-0.4, -0.2) is 9.97 Å². The molecule has 0 saturated carbocycles. The van der Waals surface area contributed by atoms with Crippen molar-refractivity contribution < 1.29 is 17.6 Å². The number of halogens is 4. The lowest BCUT2D eigenvalue weighted by Gasteiger charge is -2.14.